The Morgan fingerprint density at radius 1 is 1.05 bits per heavy atom. The molecule has 0 aliphatic carbocycles. The molecular weight excluding hydrogens is 296 g/mol. The van der Waals surface area contributed by atoms with Crippen LogP contribution in [0.5, 0.6) is 11.5 Å². The first-order valence-corrected chi connectivity index (χ1v) is 7.17. The van der Waals surface area contributed by atoms with Crippen molar-refractivity contribution in [3.05, 3.63) is 48.0 Å². The summed E-state index contributed by atoms with van der Waals surface area (Å²) in [5, 5.41) is 22.1. The average molecular weight is 311 g/mol. The van der Waals surface area contributed by atoms with E-state index in [1.54, 1.807) is 24.3 Å². The molecule has 112 valence electrons. The summed E-state index contributed by atoms with van der Waals surface area (Å²) in [6.07, 6.45) is 0. The van der Waals surface area contributed by atoms with Crippen molar-refractivity contribution in [2.45, 2.75) is 23.6 Å². The van der Waals surface area contributed by atoms with E-state index in [-0.39, 0.29) is 17.5 Å². The van der Waals surface area contributed by atoms with Gasteiger partial charge in [0.05, 0.1) is 0 Å². The standard InChI is InChI=1S/C15H15F2NO2S/c1-9(10-6-11(19)8-12(20)7-10)18-13-4-2-3-5-14(13)21-15(16)17/h2-9,15,18-20H,1H3. The first-order valence-electron chi connectivity index (χ1n) is 6.29. The SMILES string of the molecule is CC(Nc1ccccc1SC(F)F)c1cc(O)cc(O)c1. The van der Waals surface area contributed by atoms with Gasteiger partial charge in [-0.1, -0.05) is 23.9 Å². The van der Waals surface area contributed by atoms with Crippen molar-refractivity contribution in [1.29, 1.82) is 0 Å². The smallest absolute Gasteiger partial charge is 0.288 e. The van der Waals surface area contributed by atoms with Crippen LogP contribution in [-0.2, 0) is 0 Å². The van der Waals surface area contributed by atoms with Crippen molar-refractivity contribution in [2.75, 3.05) is 5.32 Å². The molecule has 2 rings (SSSR count). The molecule has 2 aromatic rings. The van der Waals surface area contributed by atoms with E-state index in [9.17, 15) is 19.0 Å². The summed E-state index contributed by atoms with van der Waals surface area (Å²) in [6.45, 7) is 1.82. The Kier molecular flexibility index (Phi) is 4.90. The molecule has 0 fully saturated rings. The third-order valence-electron chi connectivity index (χ3n) is 2.90. The Hall–Kier alpha value is -1.95. The van der Waals surface area contributed by atoms with Gasteiger partial charge in [-0.05, 0) is 36.8 Å². The number of hydrogen-bond donors (Lipinski definition) is 3. The predicted octanol–water partition coefficient (Wildman–Crippen LogP) is 4.59. The fraction of sp³-hybridized carbons (Fsp3) is 0.200. The van der Waals surface area contributed by atoms with E-state index in [0.717, 1.165) is 0 Å². The van der Waals surface area contributed by atoms with Gasteiger partial charge < -0.3 is 15.5 Å². The Labute approximate surface area is 125 Å². The van der Waals surface area contributed by atoms with Crippen molar-refractivity contribution in [1.82, 2.24) is 0 Å². The van der Waals surface area contributed by atoms with Gasteiger partial charge >= 0.3 is 0 Å². The minimum atomic E-state index is -2.49. The molecule has 21 heavy (non-hydrogen) atoms. The minimum absolute atomic E-state index is 0.0473. The van der Waals surface area contributed by atoms with Crippen LogP contribution in [0, 0.1) is 0 Å². The number of nitrogens with one attached hydrogen (secondary N) is 1. The molecule has 2 aromatic carbocycles. The molecule has 6 heteroatoms. The fourth-order valence-corrected chi connectivity index (χ4v) is 2.57. The first-order chi connectivity index (χ1) is 9.95. The minimum Gasteiger partial charge on any atom is -0.508 e. The van der Waals surface area contributed by atoms with Crippen LogP contribution >= 0.6 is 11.8 Å². The molecule has 0 spiro atoms. The zero-order chi connectivity index (χ0) is 15.4. The Bertz CT molecular complexity index is 602. The molecule has 1 atom stereocenters. The van der Waals surface area contributed by atoms with Crippen LogP contribution < -0.4 is 5.32 Å². The van der Waals surface area contributed by atoms with Gasteiger partial charge in [0.15, 0.2) is 0 Å². The van der Waals surface area contributed by atoms with E-state index in [1.807, 2.05) is 6.92 Å². The molecule has 0 aliphatic rings. The lowest BCUT2D eigenvalue weighted by Gasteiger charge is -2.18. The molecule has 0 radical (unpaired) electrons. The summed E-state index contributed by atoms with van der Waals surface area (Å²) >= 11 is 0.474. The zero-order valence-electron chi connectivity index (χ0n) is 11.3. The average Bonchev–Trinajstić information content (AvgIpc) is 2.39. The van der Waals surface area contributed by atoms with Crippen molar-refractivity contribution in [3.8, 4) is 11.5 Å². The summed E-state index contributed by atoms with van der Waals surface area (Å²) in [5.74, 6) is -2.59. The highest BCUT2D eigenvalue weighted by Crippen LogP contribution is 2.34. The molecular formula is C15H15F2NO2S. The van der Waals surface area contributed by atoms with Gasteiger partial charge in [0.2, 0.25) is 0 Å². The Balaban J connectivity index is 2.21. The highest BCUT2D eigenvalue weighted by Gasteiger charge is 2.13. The fourth-order valence-electron chi connectivity index (χ4n) is 1.97. The van der Waals surface area contributed by atoms with E-state index in [0.29, 0.717) is 27.9 Å². The van der Waals surface area contributed by atoms with E-state index in [1.165, 1.54) is 18.2 Å². The largest absolute Gasteiger partial charge is 0.508 e. The van der Waals surface area contributed by atoms with Gasteiger partial charge in [0.25, 0.3) is 5.76 Å². The normalized spacial score (nSPS) is 12.4. The maximum atomic E-state index is 12.5. The number of benzene rings is 2. The van der Waals surface area contributed by atoms with E-state index < -0.39 is 5.76 Å². The molecule has 0 saturated carbocycles. The number of phenolic OH excluding ortho intramolecular Hbond substituents is 2. The van der Waals surface area contributed by atoms with E-state index >= 15 is 0 Å². The van der Waals surface area contributed by atoms with Gasteiger partial charge in [-0.25, -0.2) is 0 Å². The number of para-hydroxylation sites is 1. The van der Waals surface area contributed by atoms with Gasteiger partial charge in [-0.15, -0.1) is 0 Å². The third kappa shape index (κ3) is 4.26. The van der Waals surface area contributed by atoms with Crippen molar-refractivity contribution in [3.63, 3.8) is 0 Å². The number of halogens is 2. The second-order valence-corrected chi connectivity index (χ2v) is 5.56. The lowest BCUT2D eigenvalue weighted by Crippen LogP contribution is -2.07. The summed E-state index contributed by atoms with van der Waals surface area (Å²) in [5.41, 5.74) is 1.24. The number of aromatic hydroxyl groups is 2. The number of hydrogen-bond acceptors (Lipinski definition) is 4. The number of rotatable bonds is 5. The summed E-state index contributed by atoms with van der Waals surface area (Å²) in [6, 6.07) is 10.8. The van der Waals surface area contributed by atoms with Crippen molar-refractivity contribution < 1.29 is 19.0 Å². The van der Waals surface area contributed by atoms with Gasteiger partial charge in [0, 0.05) is 22.7 Å². The second-order valence-electron chi connectivity index (χ2n) is 4.52. The highest BCUT2D eigenvalue weighted by atomic mass is 32.2. The van der Waals surface area contributed by atoms with Crippen LogP contribution in [0.1, 0.15) is 18.5 Å². The quantitative estimate of drug-likeness (QED) is 0.707. The van der Waals surface area contributed by atoms with Crippen LogP contribution in [0.25, 0.3) is 0 Å². The maximum Gasteiger partial charge on any atom is 0.288 e. The zero-order valence-corrected chi connectivity index (χ0v) is 12.1. The third-order valence-corrected chi connectivity index (χ3v) is 3.69. The molecule has 3 nitrogen and oxygen atoms in total. The molecule has 0 aliphatic heterocycles. The molecule has 0 bridgehead atoms. The van der Waals surface area contributed by atoms with Crippen molar-refractivity contribution in [2.24, 2.45) is 0 Å². The molecule has 0 aromatic heterocycles. The van der Waals surface area contributed by atoms with Crippen LogP contribution in [0.4, 0.5) is 14.5 Å². The number of phenols is 2. The number of alkyl halides is 2. The van der Waals surface area contributed by atoms with Gasteiger partial charge in [0.1, 0.15) is 11.5 Å². The van der Waals surface area contributed by atoms with Gasteiger partial charge in [-0.3, -0.25) is 0 Å². The number of thioether (sulfide) groups is 1. The first kappa shape index (κ1) is 15.4. The molecule has 0 heterocycles. The molecule has 3 N–H and O–H groups in total. The molecule has 0 amide bonds. The lowest BCUT2D eigenvalue weighted by molar-refractivity contribution is 0.252. The molecule has 0 saturated heterocycles. The maximum absolute atomic E-state index is 12.5. The summed E-state index contributed by atoms with van der Waals surface area (Å²) in [7, 11) is 0. The summed E-state index contributed by atoms with van der Waals surface area (Å²) < 4.78 is 25.1. The van der Waals surface area contributed by atoms with Crippen LogP contribution in [-0.4, -0.2) is 16.0 Å². The van der Waals surface area contributed by atoms with E-state index in [2.05, 4.69) is 5.32 Å². The van der Waals surface area contributed by atoms with Crippen LogP contribution in [0.3, 0.4) is 0 Å². The number of anilines is 1. The van der Waals surface area contributed by atoms with Crippen LogP contribution in [0.15, 0.2) is 47.4 Å². The van der Waals surface area contributed by atoms with E-state index in [4.69, 9.17) is 0 Å². The molecule has 1 unspecified atom stereocenters. The second kappa shape index (κ2) is 6.67. The monoisotopic (exact) mass is 311 g/mol. The topological polar surface area (TPSA) is 52.5 Å². The Morgan fingerprint density at radius 2 is 1.67 bits per heavy atom. The lowest BCUT2D eigenvalue weighted by atomic mass is 10.1. The van der Waals surface area contributed by atoms with Crippen molar-refractivity contribution >= 4 is 17.4 Å². The Morgan fingerprint density at radius 3 is 2.29 bits per heavy atom. The van der Waals surface area contributed by atoms with Crippen LogP contribution in [0.2, 0.25) is 0 Å². The highest BCUT2D eigenvalue weighted by molar-refractivity contribution is 7.99. The summed E-state index contributed by atoms with van der Waals surface area (Å²) in [4.78, 5) is 0.448. The van der Waals surface area contributed by atoms with Gasteiger partial charge in [-0.2, -0.15) is 8.78 Å². The predicted molar refractivity (Wildman–Crippen MR) is 80.1 cm³/mol.